The van der Waals surface area contributed by atoms with Crippen molar-refractivity contribution in [2.24, 2.45) is 0 Å². The highest BCUT2D eigenvalue weighted by Crippen LogP contribution is 2.18. The number of para-hydroxylation sites is 1. The van der Waals surface area contributed by atoms with Gasteiger partial charge in [-0.25, -0.2) is 4.68 Å². The number of nitrogens with zero attached hydrogens (tertiary/aromatic N) is 3. The number of hydrogen-bond acceptors (Lipinski definition) is 5. The molecule has 7 heteroatoms. The molecule has 0 atom stereocenters. The molecule has 2 aromatic carbocycles. The molecule has 0 bridgehead atoms. The Bertz CT molecular complexity index is 1090. The van der Waals surface area contributed by atoms with Crippen molar-refractivity contribution in [2.45, 2.75) is 6.61 Å². The van der Waals surface area contributed by atoms with E-state index in [-0.39, 0.29) is 12.2 Å². The minimum atomic E-state index is -0.270. The molecule has 7 nitrogen and oxygen atoms in total. The van der Waals surface area contributed by atoms with E-state index in [1.54, 1.807) is 10.7 Å². The van der Waals surface area contributed by atoms with Crippen molar-refractivity contribution >= 4 is 22.7 Å². The highest BCUT2D eigenvalue weighted by atomic mass is 16.3. The number of aliphatic hydroxyl groups is 1. The summed E-state index contributed by atoms with van der Waals surface area (Å²) in [7, 11) is 0. The molecule has 0 aliphatic carbocycles. The van der Waals surface area contributed by atoms with Crippen molar-refractivity contribution in [2.75, 3.05) is 5.32 Å². The van der Waals surface area contributed by atoms with Gasteiger partial charge in [-0.15, -0.1) is 0 Å². The van der Waals surface area contributed by atoms with Gasteiger partial charge in [0.05, 0.1) is 18.5 Å². The number of H-pyrrole nitrogens is 1. The number of aromatic amines is 1. The highest BCUT2D eigenvalue weighted by Gasteiger charge is 2.11. The monoisotopic (exact) mass is 333 g/mol. The molecular formula is C18H15N5O2. The van der Waals surface area contributed by atoms with Crippen molar-refractivity contribution < 1.29 is 5.11 Å². The van der Waals surface area contributed by atoms with E-state index in [4.69, 9.17) is 0 Å². The van der Waals surface area contributed by atoms with Gasteiger partial charge in [0.25, 0.3) is 5.56 Å². The molecule has 4 aromatic rings. The number of aromatic nitrogens is 4. The van der Waals surface area contributed by atoms with Crippen LogP contribution < -0.4 is 10.9 Å². The minimum absolute atomic E-state index is 0.0563. The summed E-state index contributed by atoms with van der Waals surface area (Å²) in [6.45, 7) is -0.0563. The van der Waals surface area contributed by atoms with Gasteiger partial charge in [-0.05, 0) is 29.8 Å². The van der Waals surface area contributed by atoms with Crippen molar-refractivity contribution in [3.8, 4) is 5.69 Å². The van der Waals surface area contributed by atoms with Gasteiger partial charge in [0.15, 0.2) is 5.65 Å². The first-order valence-corrected chi connectivity index (χ1v) is 7.75. The molecule has 0 unspecified atom stereocenters. The van der Waals surface area contributed by atoms with Crippen LogP contribution in [0.15, 0.2) is 65.6 Å². The average molecular weight is 333 g/mol. The lowest BCUT2D eigenvalue weighted by atomic mass is 10.2. The van der Waals surface area contributed by atoms with Gasteiger partial charge < -0.3 is 10.4 Å². The summed E-state index contributed by atoms with van der Waals surface area (Å²) in [6.07, 6.45) is 1.50. The Morgan fingerprint density at radius 3 is 2.76 bits per heavy atom. The average Bonchev–Trinajstić information content (AvgIpc) is 3.07. The highest BCUT2D eigenvalue weighted by molar-refractivity contribution is 5.76. The summed E-state index contributed by atoms with van der Waals surface area (Å²) in [5.41, 5.74) is 2.51. The van der Waals surface area contributed by atoms with E-state index in [0.29, 0.717) is 17.0 Å². The van der Waals surface area contributed by atoms with Gasteiger partial charge in [-0.2, -0.15) is 10.1 Å². The lowest BCUT2D eigenvalue weighted by Gasteiger charge is -2.08. The molecule has 0 saturated carbocycles. The molecule has 0 amide bonds. The summed E-state index contributed by atoms with van der Waals surface area (Å²) in [6, 6.07) is 16.8. The first kappa shape index (κ1) is 15.1. The Hall–Kier alpha value is -3.45. The topological polar surface area (TPSA) is 95.8 Å². The maximum atomic E-state index is 12.3. The van der Waals surface area contributed by atoms with Crippen LogP contribution in [0.25, 0.3) is 16.7 Å². The summed E-state index contributed by atoms with van der Waals surface area (Å²) in [4.78, 5) is 19.5. The Morgan fingerprint density at radius 2 is 1.96 bits per heavy atom. The first-order valence-electron chi connectivity index (χ1n) is 7.75. The summed E-state index contributed by atoms with van der Waals surface area (Å²) >= 11 is 0. The van der Waals surface area contributed by atoms with Gasteiger partial charge >= 0.3 is 0 Å². The number of nitrogens with one attached hydrogen (secondary N) is 2. The fraction of sp³-hybridized carbons (Fsp3) is 0.0556. The zero-order chi connectivity index (χ0) is 17.2. The van der Waals surface area contributed by atoms with Gasteiger partial charge in [0.2, 0.25) is 5.95 Å². The molecule has 124 valence electrons. The third-order valence-corrected chi connectivity index (χ3v) is 3.81. The van der Waals surface area contributed by atoms with Crippen LogP contribution in [-0.4, -0.2) is 24.9 Å². The summed E-state index contributed by atoms with van der Waals surface area (Å²) < 4.78 is 1.62. The fourth-order valence-electron chi connectivity index (χ4n) is 2.62. The molecule has 0 aliphatic heterocycles. The van der Waals surface area contributed by atoms with Crippen LogP contribution in [0.4, 0.5) is 11.6 Å². The zero-order valence-electron chi connectivity index (χ0n) is 13.2. The first-order chi connectivity index (χ1) is 12.2. The molecule has 4 rings (SSSR count). The Morgan fingerprint density at radius 1 is 1.12 bits per heavy atom. The molecule has 0 aliphatic rings. The predicted octanol–water partition coefficient (Wildman–Crippen LogP) is 2.34. The van der Waals surface area contributed by atoms with Gasteiger partial charge in [0, 0.05) is 5.69 Å². The van der Waals surface area contributed by atoms with Crippen molar-refractivity contribution in [3.63, 3.8) is 0 Å². The molecule has 25 heavy (non-hydrogen) atoms. The maximum absolute atomic E-state index is 12.3. The number of hydrogen-bond donors (Lipinski definition) is 3. The largest absolute Gasteiger partial charge is 0.392 e. The molecule has 3 N–H and O–H groups in total. The number of anilines is 2. The molecule has 2 heterocycles. The maximum Gasteiger partial charge on any atom is 0.263 e. The smallest absolute Gasteiger partial charge is 0.263 e. The number of benzene rings is 2. The molecule has 0 radical (unpaired) electrons. The van der Waals surface area contributed by atoms with Gasteiger partial charge in [-0.3, -0.25) is 9.78 Å². The second-order valence-corrected chi connectivity index (χ2v) is 5.53. The quantitative estimate of drug-likeness (QED) is 0.533. The van der Waals surface area contributed by atoms with Crippen LogP contribution in [0.5, 0.6) is 0 Å². The summed E-state index contributed by atoms with van der Waals surface area (Å²) in [5.74, 6) is 0.310. The van der Waals surface area contributed by atoms with E-state index in [0.717, 1.165) is 16.9 Å². The third-order valence-electron chi connectivity index (χ3n) is 3.81. The molecule has 0 saturated heterocycles. The number of fused-ring (bicyclic) bond motifs is 1. The SMILES string of the molecule is O=c1[nH]c(Nc2cccc(CO)c2)nc2c1cnn2-c1ccccc1. The van der Waals surface area contributed by atoms with E-state index in [2.05, 4.69) is 20.4 Å². The lowest BCUT2D eigenvalue weighted by molar-refractivity contribution is 0.282. The number of aliphatic hydroxyl groups excluding tert-OH is 1. The van der Waals surface area contributed by atoms with Crippen molar-refractivity contribution in [1.29, 1.82) is 0 Å². The molecule has 0 spiro atoms. The van der Waals surface area contributed by atoms with Crippen LogP contribution >= 0.6 is 0 Å². The van der Waals surface area contributed by atoms with Crippen LogP contribution in [0.3, 0.4) is 0 Å². The van der Waals surface area contributed by atoms with E-state index >= 15 is 0 Å². The lowest BCUT2D eigenvalue weighted by Crippen LogP contribution is -2.11. The van der Waals surface area contributed by atoms with Gasteiger partial charge in [0.1, 0.15) is 5.39 Å². The number of rotatable bonds is 4. The zero-order valence-corrected chi connectivity index (χ0v) is 13.2. The standard InChI is InChI=1S/C18H15N5O2/c24-11-12-5-4-6-13(9-12)20-18-21-16-15(17(25)22-18)10-19-23(16)14-7-2-1-3-8-14/h1-10,24H,11H2,(H2,20,21,22,25). The normalized spacial score (nSPS) is 10.9. The minimum Gasteiger partial charge on any atom is -0.392 e. The third kappa shape index (κ3) is 2.88. The van der Waals surface area contributed by atoms with Crippen LogP contribution in [0.1, 0.15) is 5.56 Å². The Kier molecular flexibility index (Phi) is 3.75. The second-order valence-electron chi connectivity index (χ2n) is 5.53. The van der Waals surface area contributed by atoms with E-state index in [9.17, 15) is 9.90 Å². The van der Waals surface area contributed by atoms with Crippen LogP contribution in [0, 0.1) is 0 Å². The Balaban J connectivity index is 1.79. The van der Waals surface area contributed by atoms with Crippen LogP contribution in [-0.2, 0) is 6.61 Å². The molecular weight excluding hydrogens is 318 g/mol. The fourth-order valence-corrected chi connectivity index (χ4v) is 2.62. The molecule has 2 aromatic heterocycles. The van der Waals surface area contributed by atoms with Gasteiger partial charge in [-0.1, -0.05) is 30.3 Å². The second kappa shape index (κ2) is 6.21. The van der Waals surface area contributed by atoms with E-state index in [1.807, 2.05) is 48.5 Å². The van der Waals surface area contributed by atoms with Crippen molar-refractivity contribution in [1.82, 2.24) is 19.7 Å². The van der Waals surface area contributed by atoms with E-state index < -0.39 is 0 Å². The predicted molar refractivity (Wildman–Crippen MR) is 95.1 cm³/mol. The van der Waals surface area contributed by atoms with Crippen LogP contribution in [0.2, 0.25) is 0 Å². The van der Waals surface area contributed by atoms with Crippen molar-refractivity contribution in [3.05, 3.63) is 76.7 Å². The summed E-state index contributed by atoms with van der Waals surface area (Å²) in [5, 5.41) is 17.0. The van der Waals surface area contributed by atoms with E-state index in [1.165, 1.54) is 6.20 Å². The Labute approximate surface area is 142 Å². The molecule has 0 fully saturated rings.